The first-order valence-corrected chi connectivity index (χ1v) is 3.86. The van der Waals surface area contributed by atoms with Crippen LogP contribution in [0.1, 0.15) is 10.4 Å². The van der Waals surface area contributed by atoms with E-state index >= 15 is 0 Å². The van der Waals surface area contributed by atoms with Crippen LogP contribution in [0.5, 0.6) is 0 Å². The summed E-state index contributed by atoms with van der Waals surface area (Å²) in [6.45, 7) is 0. The van der Waals surface area contributed by atoms with E-state index in [1.807, 2.05) is 0 Å². The molecule has 0 atom stereocenters. The van der Waals surface area contributed by atoms with Crippen LogP contribution < -0.4 is 11.1 Å². The molecule has 0 fully saturated rings. The first kappa shape index (κ1) is 8.54. The van der Waals surface area contributed by atoms with Gasteiger partial charge in [0.2, 0.25) is 0 Å². The Balaban J connectivity index is 2.91. The molecule has 1 aromatic rings. The summed E-state index contributed by atoms with van der Waals surface area (Å²) in [5.74, 6) is -1.08. The molecule has 64 valence electrons. The van der Waals surface area contributed by atoms with E-state index in [-0.39, 0.29) is 10.6 Å². The standard InChI is InChI=1S/C6H6N2O3S/c7-6(11)8-4-3(5(9)10)1-2-12-4/h1-2H,(H,9,10)(H3,7,8,11). The molecular formula is C6H6N2O3S. The highest BCUT2D eigenvalue weighted by atomic mass is 32.1. The second kappa shape index (κ2) is 3.22. The van der Waals surface area contributed by atoms with Crippen LogP contribution in [0.3, 0.4) is 0 Å². The fourth-order valence-electron chi connectivity index (χ4n) is 0.686. The van der Waals surface area contributed by atoms with Crippen molar-refractivity contribution < 1.29 is 14.7 Å². The van der Waals surface area contributed by atoms with E-state index in [0.717, 1.165) is 11.3 Å². The van der Waals surface area contributed by atoms with E-state index in [1.54, 1.807) is 5.38 Å². The molecule has 0 saturated heterocycles. The highest BCUT2D eigenvalue weighted by Gasteiger charge is 2.11. The fraction of sp³-hybridized carbons (Fsp3) is 0. The first-order chi connectivity index (χ1) is 5.61. The molecule has 0 unspecified atom stereocenters. The third-order valence-electron chi connectivity index (χ3n) is 1.13. The van der Waals surface area contributed by atoms with Crippen molar-refractivity contribution in [2.75, 3.05) is 5.32 Å². The number of carbonyl (C=O) groups is 2. The molecule has 0 bridgehead atoms. The molecular weight excluding hydrogens is 180 g/mol. The molecule has 4 N–H and O–H groups in total. The molecule has 0 aliphatic rings. The van der Waals surface area contributed by atoms with Crippen LogP contribution in [0, 0.1) is 0 Å². The van der Waals surface area contributed by atoms with Crippen molar-refractivity contribution >= 4 is 28.3 Å². The maximum atomic E-state index is 10.5. The molecule has 0 spiro atoms. The molecule has 1 heterocycles. The molecule has 0 aliphatic carbocycles. The minimum absolute atomic E-state index is 0.0544. The summed E-state index contributed by atoms with van der Waals surface area (Å²) >= 11 is 1.11. The van der Waals surface area contributed by atoms with Crippen molar-refractivity contribution in [3.05, 3.63) is 17.0 Å². The van der Waals surface area contributed by atoms with Crippen LogP contribution in [0.4, 0.5) is 9.80 Å². The van der Waals surface area contributed by atoms with E-state index in [9.17, 15) is 9.59 Å². The molecule has 1 rings (SSSR count). The van der Waals surface area contributed by atoms with Gasteiger partial charge in [0.1, 0.15) is 5.00 Å². The largest absolute Gasteiger partial charge is 0.478 e. The number of rotatable bonds is 2. The van der Waals surface area contributed by atoms with E-state index in [2.05, 4.69) is 5.32 Å². The third kappa shape index (κ3) is 1.73. The molecule has 5 nitrogen and oxygen atoms in total. The Kier molecular flexibility index (Phi) is 2.29. The fourth-order valence-corrected chi connectivity index (χ4v) is 1.47. The molecule has 1 aromatic heterocycles. The number of amides is 2. The number of aromatic carboxylic acids is 1. The minimum atomic E-state index is -1.08. The van der Waals surface area contributed by atoms with Gasteiger partial charge in [-0.05, 0) is 11.4 Å². The monoisotopic (exact) mass is 186 g/mol. The van der Waals surface area contributed by atoms with Crippen molar-refractivity contribution in [1.82, 2.24) is 0 Å². The Bertz CT molecular complexity index is 320. The van der Waals surface area contributed by atoms with Gasteiger partial charge in [-0.3, -0.25) is 5.32 Å². The normalized spacial score (nSPS) is 9.33. The van der Waals surface area contributed by atoms with Crippen molar-refractivity contribution in [3.8, 4) is 0 Å². The zero-order valence-electron chi connectivity index (χ0n) is 5.90. The van der Waals surface area contributed by atoms with Gasteiger partial charge in [-0.1, -0.05) is 0 Å². The van der Waals surface area contributed by atoms with Crippen molar-refractivity contribution in [3.63, 3.8) is 0 Å². The van der Waals surface area contributed by atoms with Crippen LogP contribution >= 0.6 is 11.3 Å². The highest BCUT2D eigenvalue weighted by molar-refractivity contribution is 7.14. The molecule has 2 amide bonds. The van der Waals surface area contributed by atoms with E-state index in [4.69, 9.17) is 10.8 Å². The summed E-state index contributed by atoms with van der Waals surface area (Å²) < 4.78 is 0. The maximum absolute atomic E-state index is 10.5. The zero-order chi connectivity index (χ0) is 9.14. The molecule has 0 saturated carbocycles. The predicted molar refractivity (Wildman–Crippen MR) is 44.5 cm³/mol. The van der Waals surface area contributed by atoms with Crippen LogP contribution in [0.25, 0.3) is 0 Å². The van der Waals surface area contributed by atoms with Crippen LogP contribution in [0.2, 0.25) is 0 Å². The predicted octanol–water partition coefficient (Wildman–Crippen LogP) is 0.937. The number of urea groups is 1. The summed E-state index contributed by atoms with van der Waals surface area (Å²) in [5.41, 5.74) is 4.87. The second-order valence-electron chi connectivity index (χ2n) is 1.96. The average Bonchev–Trinajstić information content (AvgIpc) is 2.33. The van der Waals surface area contributed by atoms with Gasteiger partial charge in [0.05, 0.1) is 5.56 Å². The van der Waals surface area contributed by atoms with Crippen LogP contribution in [-0.4, -0.2) is 17.1 Å². The Labute approximate surface area is 71.8 Å². The molecule has 0 radical (unpaired) electrons. The number of nitrogens with two attached hydrogens (primary N) is 1. The van der Waals surface area contributed by atoms with Crippen LogP contribution in [-0.2, 0) is 0 Å². The number of hydrogen-bond acceptors (Lipinski definition) is 3. The molecule has 12 heavy (non-hydrogen) atoms. The Morgan fingerprint density at radius 2 is 2.25 bits per heavy atom. The van der Waals surface area contributed by atoms with Gasteiger partial charge in [-0.2, -0.15) is 0 Å². The summed E-state index contributed by atoms with van der Waals surface area (Å²) in [6, 6.07) is 0.637. The Morgan fingerprint density at radius 3 is 2.75 bits per heavy atom. The topological polar surface area (TPSA) is 92.4 Å². The van der Waals surface area contributed by atoms with E-state index < -0.39 is 12.0 Å². The number of anilines is 1. The Morgan fingerprint density at radius 1 is 1.58 bits per heavy atom. The summed E-state index contributed by atoms with van der Waals surface area (Å²) in [4.78, 5) is 20.8. The average molecular weight is 186 g/mol. The van der Waals surface area contributed by atoms with Crippen molar-refractivity contribution in [2.45, 2.75) is 0 Å². The SMILES string of the molecule is NC(=O)Nc1sccc1C(=O)O. The Hall–Kier alpha value is -1.56. The number of primary amides is 1. The minimum Gasteiger partial charge on any atom is -0.478 e. The van der Waals surface area contributed by atoms with Crippen LogP contribution in [0.15, 0.2) is 11.4 Å². The van der Waals surface area contributed by atoms with Gasteiger partial charge in [0.15, 0.2) is 0 Å². The second-order valence-corrected chi connectivity index (χ2v) is 2.87. The maximum Gasteiger partial charge on any atom is 0.338 e. The van der Waals surface area contributed by atoms with Gasteiger partial charge >= 0.3 is 12.0 Å². The summed E-state index contributed by atoms with van der Waals surface area (Å²) in [6.07, 6.45) is 0. The van der Waals surface area contributed by atoms with E-state index in [0.29, 0.717) is 0 Å². The lowest BCUT2D eigenvalue weighted by molar-refractivity contribution is 0.0698. The first-order valence-electron chi connectivity index (χ1n) is 2.98. The number of hydrogen-bond donors (Lipinski definition) is 3. The van der Waals surface area contributed by atoms with Crippen molar-refractivity contribution in [2.24, 2.45) is 5.73 Å². The lowest BCUT2D eigenvalue weighted by Gasteiger charge is -1.97. The number of thiophene rings is 1. The summed E-state index contributed by atoms with van der Waals surface area (Å²) in [7, 11) is 0. The van der Waals surface area contributed by atoms with Gasteiger partial charge < -0.3 is 10.8 Å². The summed E-state index contributed by atoms with van der Waals surface area (Å²) in [5, 5.41) is 12.6. The smallest absolute Gasteiger partial charge is 0.338 e. The van der Waals surface area contributed by atoms with E-state index in [1.165, 1.54) is 6.07 Å². The number of carbonyl (C=O) groups excluding carboxylic acids is 1. The van der Waals surface area contributed by atoms with Crippen molar-refractivity contribution in [1.29, 1.82) is 0 Å². The lowest BCUT2D eigenvalue weighted by atomic mass is 10.3. The number of carboxylic acid groups (broad SMARTS) is 1. The number of nitrogens with one attached hydrogen (secondary N) is 1. The number of carboxylic acids is 1. The van der Waals surface area contributed by atoms with Gasteiger partial charge in [0.25, 0.3) is 0 Å². The highest BCUT2D eigenvalue weighted by Crippen LogP contribution is 2.22. The lowest BCUT2D eigenvalue weighted by Crippen LogP contribution is -2.19. The molecule has 0 aliphatic heterocycles. The quantitative estimate of drug-likeness (QED) is 0.641. The van der Waals surface area contributed by atoms with Gasteiger partial charge in [0, 0.05) is 0 Å². The molecule has 0 aromatic carbocycles. The zero-order valence-corrected chi connectivity index (χ0v) is 6.72. The third-order valence-corrected chi connectivity index (χ3v) is 1.96. The van der Waals surface area contributed by atoms with Gasteiger partial charge in [-0.25, -0.2) is 9.59 Å². The van der Waals surface area contributed by atoms with Gasteiger partial charge in [-0.15, -0.1) is 11.3 Å². The molecule has 6 heteroatoms.